The highest BCUT2D eigenvalue weighted by atomic mass is 35.5. The maximum absolute atomic E-state index is 12.7. The summed E-state index contributed by atoms with van der Waals surface area (Å²) in [5.74, 6) is -0.697. The number of nitro benzene ring substituents is 1. The van der Waals surface area contributed by atoms with Gasteiger partial charge in [0, 0.05) is 17.8 Å². The lowest BCUT2D eigenvalue weighted by Gasteiger charge is -2.29. The van der Waals surface area contributed by atoms with Gasteiger partial charge in [-0.3, -0.25) is 19.9 Å². The number of pyridine rings is 1. The summed E-state index contributed by atoms with van der Waals surface area (Å²) in [6, 6.07) is 3.81. The highest BCUT2D eigenvalue weighted by Gasteiger charge is 2.28. The van der Waals surface area contributed by atoms with E-state index in [9.17, 15) is 20.0 Å². The molecule has 2 aromatic rings. The number of phenolic OH excluding ortho intramolecular Hbond substituents is 1. The molecule has 0 radical (unpaired) electrons. The molecule has 3 rings (SSSR count). The Kier molecular flexibility index (Phi) is 3.75. The van der Waals surface area contributed by atoms with E-state index in [0.29, 0.717) is 11.4 Å². The van der Waals surface area contributed by atoms with E-state index >= 15 is 0 Å². The van der Waals surface area contributed by atoms with Gasteiger partial charge in [-0.1, -0.05) is 11.6 Å². The molecule has 9 heteroatoms. The molecule has 1 N–H and O–H groups in total. The third-order valence-corrected chi connectivity index (χ3v) is 3.65. The first-order valence-electron chi connectivity index (χ1n) is 6.54. The predicted octanol–water partition coefficient (Wildman–Crippen LogP) is 2.39. The molecule has 1 aliphatic heterocycles. The van der Waals surface area contributed by atoms with Crippen molar-refractivity contribution < 1.29 is 19.6 Å². The normalized spacial score (nSPS) is 13.2. The molecule has 1 amide bonds. The lowest BCUT2D eigenvalue weighted by Crippen LogP contribution is -2.38. The Balaban J connectivity index is 2.04. The fourth-order valence-electron chi connectivity index (χ4n) is 2.29. The van der Waals surface area contributed by atoms with Crippen LogP contribution in [0.5, 0.6) is 11.5 Å². The Morgan fingerprint density at radius 2 is 2.26 bits per heavy atom. The topological polar surface area (TPSA) is 106 Å². The molecule has 0 fully saturated rings. The minimum atomic E-state index is -0.796. The van der Waals surface area contributed by atoms with E-state index in [1.807, 2.05) is 0 Å². The van der Waals surface area contributed by atoms with E-state index < -0.39 is 22.3 Å². The van der Waals surface area contributed by atoms with Crippen molar-refractivity contribution in [3.63, 3.8) is 0 Å². The Hall–Kier alpha value is -2.87. The number of hydrogen-bond acceptors (Lipinski definition) is 6. The van der Waals surface area contributed by atoms with Crippen LogP contribution in [0.15, 0.2) is 30.6 Å². The zero-order valence-electron chi connectivity index (χ0n) is 11.6. The van der Waals surface area contributed by atoms with Crippen LogP contribution in [0.25, 0.3) is 0 Å². The van der Waals surface area contributed by atoms with Gasteiger partial charge in [-0.2, -0.15) is 0 Å². The number of amides is 1. The summed E-state index contributed by atoms with van der Waals surface area (Å²) >= 11 is 5.79. The summed E-state index contributed by atoms with van der Waals surface area (Å²) in [5, 5.41) is 20.3. The summed E-state index contributed by atoms with van der Waals surface area (Å²) in [4.78, 5) is 28.2. The minimum Gasteiger partial charge on any atom is -0.501 e. The van der Waals surface area contributed by atoms with Gasteiger partial charge in [0.15, 0.2) is 5.75 Å². The van der Waals surface area contributed by atoms with Crippen LogP contribution in [0, 0.1) is 10.1 Å². The molecule has 1 aromatic carbocycles. The van der Waals surface area contributed by atoms with E-state index in [2.05, 4.69) is 4.98 Å². The van der Waals surface area contributed by atoms with E-state index in [-0.39, 0.29) is 23.7 Å². The summed E-state index contributed by atoms with van der Waals surface area (Å²) in [6.07, 6.45) is 3.00. The number of ether oxygens (including phenoxy) is 1. The standard InChI is InChI=1S/C14H10ClN3O5/c15-9-5-8(6-11(13(9)19)18(21)22)14(20)17-3-4-23-12-7-16-2-1-10(12)17/h1-2,5-7,19H,3-4H2. The maximum Gasteiger partial charge on any atom is 0.313 e. The highest BCUT2D eigenvalue weighted by molar-refractivity contribution is 6.33. The number of nitrogens with zero attached hydrogens (tertiary/aromatic N) is 3. The molecule has 8 nitrogen and oxygen atoms in total. The Labute approximate surface area is 135 Å². The molecule has 118 valence electrons. The van der Waals surface area contributed by atoms with Gasteiger partial charge in [-0.05, 0) is 12.1 Å². The number of rotatable bonds is 2. The van der Waals surface area contributed by atoms with Crippen molar-refractivity contribution in [2.24, 2.45) is 0 Å². The Morgan fingerprint density at radius 3 is 3.00 bits per heavy atom. The number of hydrogen-bond donors (Lipinski definition) is 1. The molecule has 0 bridgehead atoms. The SMILES string of the molecule is O=C(c1cc(Cl)c(O)c([N+](=O)[O-])c1)N1CCOc2cnccc21. The summed E-state index contributed by atoms with van der Waals surface area (Å²) in [6.45, 7) is 0.556. The molecule has 2 heterocycles. The molecule has 0 spiro atoms. The average Bonchev–Trinajstić information content (AvgIpc) is 2.55. The number of phenols is 1. The van der Waals surface area contributed by atoms with E-state index in [4.69, 9.17) is 16.3 Å². The number of aromatic nitrogens is 1. The van der Waals surface area contributed by atoms with Crippen LogP contribution in [0.3, 0.4) is 0 Å². The van der Waals surface area contributed by atoms with Gasteiger partial charge in [-0.25, -0.2) is 0 Å². The lowest BCUT2D eigenvalue weighted by molar-refractivity contribution is -0.385. The van der Waals surface area contributed by atoms with E-state index in [0.717, 1.165) is 6.07 Å². The van der Waals surface area contributed by atoms with Gasteiger partial charge in [0.2, 0.25) is 5.75 Å². The maximum atomic E-state index is 12.7. The molecule has 0 saturated carbocycles. The quantitative estimate of drug-likeness (QED) is 0.667. The van der Waals surface area contributed by atoms with Gasteiger partial charge in [0.25, 0.3) is 5.91 Å². The Morgan fingerprint density at radius 1 is 1.48 bits per heavy atom. The number of carbonyl (C=O) groups is 1. The lowest BCUT2D eigenvalue weighted by atomic mass is 10.1. The molecule has 0 unspecified atom stereocenters. The third kappa shape index (κ3) is 2.64. The number of nitro groups is 1. The fourth-order valence-corrected chi connectivity index (χ4v) is 2.50. The first-order chi connectivity index (χ1) is 11.0. The second-order valence-electron chi connectivity index (χ2n) is 4.73. The first kappa shape index (κ1) is 15.0. The van der Waals surface area contributed by atoms with Gasteiger partial charge in [0.05, 0.1) is 28.4 Å². The number of anilines is 1. The Bertz CT molecular complexity index is 811. The second-order valence-corrected chi connectivity index (χ2v) is 5.14. The van der Waals surface area contributed by atoms with E-state index in [1.165, 1.54) is 23.4 Å². The van der Waals surface area contributed by atoms with Crippen molar-refractivity contribution in [1.29, 1.82) is 0 Å². The predicted molar refractivity (Wildman–Crippen MR) is 81.2 cm³/mol. The average molecular weight is 336 g/mol. The van der Waals surface area contributed by atoms with Crippen molar-refractivity contribution in [3.8, 4) is 11.5 Å². The first-order valence-corrected chi connectivity index (χ1v) is 6.92. The molecular weight excluding hydrogens is 326 g/mol. The van der Waals surface area contributed by atoms with Crippen molar-refractivity contribution in [1.82, 2.24) is 4.98 Å². The van der Waals surface area contributed by atoms with E-state index in [1.54, 1.807) is 6.07 Å². The number of aromatic hydroxyl groups is 1. The van der Waals surface area contributed by atoms with Crippen LogP contribution in [0.4, 0.5) is 11.4 Å². The van der Waals surface area contributed by atoms with Crippen molar-refractivity contribution in [3.05, 3.63) is 51.3 Å². The van der Waals surface area contributed by atoms with Gasteiger partial charge in [0.1, 0.15) is 6.61 Å². The largest absolute Gasteiger partial charge is 0.501 e. The van der Waals surface area contributed by atoms with Gasteiger partial charge in [-0.15, -0.1) is 0 Å². The summed E-state index contributed by atoms with van der Waals surface area (Å²) < 4.78 is 5.41. The van der Waals surface area contributed by atoms with Crippen molar-refractivity contribution >= 4 is 28.9 Å². The number of fused-ring (bicyclic) bond motifs is 1. The third-order valence-electron chi connectivity index (χ3n) is 3.36. The molecule has 0 aliphatic carbocycles. The van der Waals surface area contributed by atoms with Crippen LogP contribution in [0.1, 0.15) is 10.4 Å². The molecular formula is C14H10ClN3O5. The molecule has 0 saturated heterocycles. The number of benzene rings is 1. The number of halogens is 1. The van der Waals surface area contributed by atoms with Gasteiger partial charge < -0.3 is 14.7 Å². The molecule has 23 heavy (non-hydrogen) atoms. The second kappa shape index (κ2) is 5.73. The molecule has 1 aliphatic rings. The smallest absolute Gasteiger partial charge is 0.313 e. The zero-order valence-corrected chi connectivity index (χ0v) is 12.4. The number of carbonyl (C=O) groups excluding carboxylic acids is 1. The highest BCUT2D eigenvalue weighted by Crippen LogP contribution is 2.36. The van der Waals surface area contributed by atoms with Crippen LogP contribution >= 0.6 is 11.6 Å². The monoisotopic (exact) mass is 335 g/mol. The summed E-state index contributed by atoms with van der Waals surface area (Å²) in [7, 11) is 0. The van der Waals surface area contributed by atoms with Crippen LogP contribution in [-0.4, -0.2) is 34.1 Å². The molecule has 0 atom stereocenters. The van der Waals surface area contributed by atoms with Gasteiger partial charge >= 0.3 is 5.69 Å². The van der Waals surface area contributed by atoms with Crippen LogP contribution in [0.2, 0.25) is 5.02 Å². The zero-order chi connectivity index (χ0) is 16.6. The molecule has 1 aromatic heterocycles. The fraction of sp³-hybridized carbons (Fsp3) is 0.143. The van der Waals surface area contributed by atoms with Crippen LogP contribution < -0.4 is 9.64 Å². The summed E-state index contributed by atoms with van der Waals surface area (Å²) in [5.41, 5.74) is -0.101. The minimum absolute atomic E-state index is 0.00385. The van der Waals surface area contributed by atoms with Crippen LogP contribution in [-0.2, 0) is 0 Å². The van der Waals surface area contributed by atoms with Crippen molar-refractivity contribution in [2.45, 2.75) is 0 Å². The van der Waals surface area contributed by atoms with Crippen molar-refractivity contribution in [2.75, 3.05) is 18.1 Å².